The number of thiophene rings is 1. The molecule has 1 aromatic carbocycles. The normalized spacial score (nSPS) is 11.3. The molecule has 2 rings (SSSR count). The van der Waals surface area contributed by atoms with E-state index in [4.69, 9.17) is 0 Å². The van der Waals surface area contributed by atoms with Crippen LogP contribution < -0.4 is 0 Å². The first kappa shape index (κ1) is 24.1. The number of carbonyl (C=O) groups excluding carboxylic acids is 2. The van der Waals surface area contributed by atoms with E-state index in [0.717, 1.165) is 36.1 Å². The maximum Gasteiger partial charge on any atom is 0.242 e. The Hall–Kier alpha value is -2.14. The van der Waals surface area contributed by atoms with Crippen LogP contribution in [0.25, 0.3) is 0 Å². The third-order valence-electron chi connectivity index (χ3n) is 5.14. The molecule has 0 unspecified atom stereocenters. The first-order valence-electron chi connectivity index (χ1n) is 11.0. The molecule has 1 aromatic heterocycles. The summed E-state index contributed by atoms with van der Waals surface area (Å²) in [5.74, 6) is 0.0619. The number of nitrogens with zero attached hydrogens (tertiary/aromatic N) is 2. The number of benzene rings is 1. The van der Waals surface area contributed by atoms with Gasteiger partial charge in [-0.1, -0.05) is 62.6 Å². The minimum Gasteiger partial charge on any atom is -0.332 e. The molecule has 0 fully saturated rings. The van der Waals surface area contributed by atoms with Gasteiger partial charge in [-0.25, -0.2) is 0 Å². The maximum atomic E-state index is 13.3. The first-order valence-corrected chi connectivity index (χ1v) is 11.8. The molecule has 0 N–H and O–H groups in total. The quantitative estimate of drug-likeness (QED) is 0.420. The molecule has 2 aromatic rings. The van der Waals surface area contributed by atoms with Gasteiger partial charge in [-0.3, -0.25) is 9.59 Å². The largest absolute Gasteiger partial charge is 0.332 e. The molecule has 0 bridgehead atoms. The molecule has 164 valence electrons. The molecular weight excluding hydrogens is 392 g/mol. The molecule has 4 nitrogen and oxygen atoms in total. The van der Waals surface area contributed by atoms with Crippen LogP contribution in [0.4, 0.5) is 0 Å². The highest BCUT2D eigenvalue weighted by Crippen LogP contribution is 2.19. The number of unbranched alkanes of at least 4 members (excludes halogenated alkanes) is 3. The fraction of sp³-hybridized carbons (Fsp3) is 0.520. The topological polar surface area (TPSA) is 40.6 Å². The number of carbonyl (C=O) groups is 2. The SMILES string of the molecule is CCCCCCC(=O)N(CC(=O)N(Cc1ccccc1)Cc1cccs1)C(C)(C)C. The van der Waals surface area contributed by atoms with Crippen LogP contribution in [0.1, 0.15) is 70.2 Å². The highest BCUT2D eigenvalue weighted by atomic mass is 32.1. The van der Waals surface area contributed by atoms with Gasteiger partial charge < -0.3 is 9.80 Å². The summed E-state index contributed by atoms with van der Waals surface area (Å²) in [6.45, 7) is 9.40. The van der Waals surface area contributed by atoms with Crippen LogP contribution in [-0.4, -0.2) is 33.7 Å². The molecule has 0 atom stereocenters. The monoisotopic (exact) mass is 428 g/mol. The molecule has 0 saturated heterocycles. The third-order valence-corrected chi connectivity index (χ3v) is 6.01. The first-order chi connectivity index (χ1) is 14.3. The Balaban J connectivity index is 2.11. The minimum absolute atomic E-state index is 0.0101. The summed E-state index contributed by atoms with van der Waals surface area (Å²) in [6.07, 6.45) is 4.75. The predicted octanol–water partition coefficient (Wildman–Crippen LogP) is 5.87. The van der Waals surface area contributed by atoms with Gasteiger partial charge in [0.1, 0.15) is 6.54 Å². The highest BCUT2D eigenvalue weighted by Gasteiger charge is 2.29. The lowest BCUT2D eigenvalue weighted by Gasteiger charge is -2.37. The molecule has 0 spiro atoms. The Bertz CT molecular complexity index is 766. The van der Waals surface area contributed by atoms with Gasteiger partial charge >= 0.3 is 0 Å². The summed E-state index contributed by atoms with van der Waals surface area (Å²) < 4.78 is 0. The van der Waals surface area contributed by atoms with Gasteiger partial charge in [-0.15, -0.1) is 11.3 Å². The number of amides is 2. The lowest BCUT2D eigenvalue weighted by atomic mass is 10.0. The van der Waals surface area contributed by atoms with Crippen molar-refractivity contribution in [3.05, 3.63) is 58.3 Å². The van der Waals surface area contributed by atoms with E-state index in [1.54, 1.807) is 16.2 Å². The van der Waals surface area contributed by atoms with Gasteiger partial charge in [0.05, 0.1) is 6.54 Å². The second-order valence-corrected chi connectivity index (χ2v) is 9.81. The van der Waals surface area contributed by atoms with E-state index in [9.17, 15) is 9.59 Å². The van der Waals surface area contributed by atoms with E-state index in [1.165, 1.54) is 0 Å². The van der Waals surface area contributed by atoms with Gasteiger partial charge in [-0.05, 0) is 44.2 Å². The zero-order valence-electron chi connectivity index (χ0n) is 18.9. The highest BCUT2D eigenvalue weighted by molar-refractivity contribution is 7.09. The Morgan fingerprint density at radius 1 is 0.900 bits per heavy atom. The second kappa shape index (κ2) is 11.9. The van der Waals surface area contributed by atoms with Crippen molar-refractivity contribution in [1.82, 2.24) is 9.80 Å². The van der Waals surface area contributed by atoms with Crippen LogP contribution in [0.3, 0.4) is 0 Å². The number of hydrogen-bond donors (Lipinski definition) is 0. The van der Waals surface area contributed by atoms with Crippen LogP contribution in [0.5, 0.6) is 0 Å². The van der Waals surface area contributed by atoms with Crippen molar-refractivity contribution in [2.24, 2.45) is 0 Å². The van der Waals surface area contributed by atoms with E-state index in [2.05, 4.69) is 13.0 Å². The molecule has 0 radical (unpaired) electrons. The minimum atomic E-state index is -0.390. The van der Waals surface area contributed by atoms with Gasteiger partial charge in [0.25, 0.3) is 0 Å². The summed E-state index contributed by atoms with van der Waals surface area (Å²) in [5, 5.41) is 2.03. The van der Waals surface area contributed by atoms with E-state index in [0.29, 0.717) is 19.5 Å². The summed E-state index contributed by atoms with van der Waals surface area (Å²) in [4.78, 5) is 31.1. The molecule has 2 amide bonds. The van der Waals surface area contributed by atoms with Gasteiger partial charge in [0.2, 0.25) is 11.8 Å². The number of hydrogen-bond acceptors (Lipinski definition) is 3. The average Bonchev–Trinajstić information content (AvgIpc) is 3.21. The molecule has 1 heterocycles. The van der Waals surface area contributed by atoms with Crippen LogP contribution in [0.15, 0.2) is 47.8 Å². The second-order valence-electron chi connectivity index (χ2n) is 8.78. The van der Waals surface area contributed by atoms with Crippen LogP contribution in [0.2, 0.25) is 0 Å². The molecule has 0 aliphatic carbocycles. The summed E-state index contributed by atoms with van der Waals surface area (Å²) in [6, 6.07) is 14.1. The van der Waals surface area contributed by atoms with Gasteiger partial charge in [-0.2, -0.15) is 0 Å². The molecule has 30 heavy (non-hydrogen) atoms. The lowest BCUT2D eigenvalue weighted by Crippen LogP contribution is -2.51. The van der Waals surface area contributed by atoms with Crippen molar-refractivity contribution >= 4 is 23.2 Å². The lowest BCUT2D eigenvalue weighted by molar-refractivity contribution is -0.145. The molecule has 0 saturated carbocycles. The zero-order chi connectivity index (χ0) is 22.0. The maximum absolute atomic E-state index is 13.3. The van der Waals surface area contributed by atoms with Crippen LogP contribution >= 0.6 is 11.3 Å². The van der Waals surface area contributed by atoms with E-state index < -0.39 is 5.54 Å². The summed E-state index contributed by atoms with van der Waals surface area (Å²) in [7, 11) is 0. The van der Waals surface area contributed by atoms with Crippen molar-refractivity contribution in [2.75, 3.05) is 6.54 Å². The van der Waals surface area contributed by atoms with Crippen LogP contribution in [0, 0.1) is 0 Å². The Kier molecular flexibility index (Phi) is 9.57. The summed E-state index contributed by atoms with van der Waals surface area (Å²) in [5.41, 5.74) is 0.703. The smallest absolute Gasteiger partial charge is 0.242 e. The molecule has 0 aliphatic rings. The van der Waals surface area contributed by atoms with Crippen molar-refractivity contribution in [1.29, 1.82) is 0 Å². The van der Waals surface area contributed by atoms with Gasteiger partial charge in [0, 0.05) is 23.4 Å². The summed E-state index contributed by atoms with van der Waals surface area (Å²) >= 11 is 1.65. The van der Waals surface area contributed by atoms with Crippen molar-refractivity contribution in [2.45, 2.75) is 78.4 Å². The van der Waals surface area contributed by atoms with Crippen molar-refractivity contribution in [3.8, 4) is 0 Å². The Morgan fingerprint density at radius 2 is 1.63 bits per heavy atom. The molecular formula is C25H36N2O2S. The fourth-order valence-electron chi connectivity index (χ4n) is 3.40. The molecule has 5 heteroatoms. The Labute approximate surface area is 185 Å². The van der Waals surface area contributed by atoms with Crippen LogP contribution in [-0.2, 0) is 22.7 Å². The molecule has 0 aliphatic heterocycles. The average molecular weight is 429 g/mol. The third kappa shape index (κ3) is 7.94. The van der Waals surface area contributed by atoms with Gasteiger partial charge in [0.15, 0.2) is 0 Å². The van der Waals surface area contributed by atoms with E-state index >= 15 is 0 Å². The predicted molar refractivity (Wildman–Crippen MR) is 125 cm³/mol. The van der Waals surface area contributed by atoms with Crippen molar-refractivity contribution in [3.63, 3.8) is 0 Å². The zero-order valence-corrected chi connectivity index (χ0v) is 19.7. The van der Waals surface area contributed by atoms with E-state index in [-0.39, 0.29) is 18.4 Å². The van der Waals surface area contributed by atoms with Crippen molar-refractivity contribution < 1.29 is 9.59 Å². The number of rotatable bonds is 11. The fourth-order valence-corrected chi connectivity index (χ4v) is 4.12. The standard InChI is InChI=1S/C25H36N2O2S/c1-5-6-7-11-16-23(28)27(25(2,3)4)20-24(29)26(19-22-15-12-17-30-22)18-21-13-9-8-10-14-21/h8-10,12-15,17H,5-7,11,16,18-20H2,1-4H3. The van der Waals surface area contributed by atoms with E-state index in [1.807, 2.05) is 67.4 Å². The Morgan fingerprint density at radius 3 is 2.23 bits per heavy atom.